The van der Waals surface area contributed by atoms with Gasteiger partial charge in [0.2, 0.25) is 0 Å². The van der Waals surface area contributed by atoms with Crippen LogP contribution in [0.25, 0.3) is 0 Å². The summed E-state index contributed by atoms with van der Waals surface area (Å²) >= 11 is 0. The van der Waals surface area contributed by atoms with E-state index in [1.165, 1.54) is 26.0 Å². The molecule has 2 bridgehead atoms. The van der Waals surface area contributed by atoms with Crippen LogP contribution in [0.2, 0.25) is 0 Å². The summed E-state index contributed by atoms with van der Waals surface area (Å²) in [6.45, 7) is 13.1. The Kier molecular flexibility index (Phi) is 12.2. The molecule has 3 saturated carbocycles. The molecule has 1 saturated heterocycles. The first kappa shape index (κ1) is 45.2. The number of benzene rings is 1. The number of carbonyl (C=O) groups is 6. The van der Waals surface area contributed by atoms with Gasteiger partial charge in [0.05, 0.1) is 35.6 Å². The van der Waals surface area contributed by atoms with Crippen LogP contribution in [0.3, 0.4) is 0 Å². The van der Waals surface area contributed by atoms with Crippen molar-refractivity contribution >= 4 is 35.8 Å². The number of aliphatic hydroxyl groups excluding tert-OH is 2. The first-order valence-corrected chi connectivity index (χ1v) is 20.7. The van der Waals surface area contributed by atoms with Crippen molar-refractivity contribution < 1.29 is 72.5 Å². The third-order valence-electron chi connectivity index (χ3n) is 13.6. The number of hydrogen-bond acceptors (Lipinski definition) is 15. The first-order valence-electron chi connectivity index (χ1n) is 20.7. The molecule has 4 N–H and O–H groups in total. The summed E-state index contributed by atoms with van der Waals surface area (Å²) in [4.78, 5) is 82.8. The van der Waals surface area contributed by atoms with E-state index in [0.29, 0.717) is 12.8 Å². The highest BCUT2D eigenvalue weighted by Crippen LogP contribution is 2.64. The van der Waals surface area contributed by atoms with E-state index in [-0.39, 0.29) is 35.7 Å². The molecule has 0 radical (unpaired) electrons. The SMILES string of the molecule is CC(=O)O[C@H]1C(=O)[C@@]2(C)[C@H]([C@H](OC(=O)c3ccccc3)[C@]3(O)C[C@H](OC(=O)[C@H](O)[C@@H](NC(=O)OC(C)(C)C)C4CCCC4)C(C)=C1C3(C)C)[C@]1(OC(C)=O)CO[C@@H]1C[C@@H]2O. The summed E-state index contributed by atoms with van der Waals surface area (Å²) in [6, 6.07) is 6.76. The summed E-state index contributed by atoms with van der Waals surface area (Å²) in [5.41, 5.74) is -8.38. The fourth-order valence-corrected chi connectivity index (χ4v) is 10.6. The van der Waals surface area contributed by atoms with Crippen molar-refractivity contribution in [3.05, 3.63) is 47.0 Å². The number of carbonyl (C=O) groups excluding carboxylic acids is 6. The van der Waals surface area contributed by atoms with Crippen LogP contribution < -0.4 is 5.32 Å². The lowest BCUT2D eigenvalue weighted by atomic mass is 9.44. The summed E-state index contributed by atoms with van der Waals surface area (Å²) in [7, 11) is 0. The van der Waals surface area contributed by atoms with Gasteiger partial charge >= 0.3 is 30.0 Å². The van der Waals surface area contributed by atoms with Crippen molar-refractivity contribution in [2.75, 3.05) is 6.61 Å². The molecule has 16 nitrogen and oxygen atoms in total. The maximum Gasteiger partial charge on any atom is 0.407 e. The largest absolute Gasteiger partial charge is 0.456 e. The third-order valence-corrected chi connectivity index (χ3v) is 13.6. The van der Waals surface area contributed by atoms with E-state index in [9.17, 15) is 39.3 Å². The van der Waals surface area contributed by atoms with Gasteiger partial charge in [0, 0.05) is 32.1 Å². The van der Waals surface area contributed by atoms with Gasteiger partial charge in [-0.05, 0) is 76.7 Å². The Morgan fingerprint density at radius 1 is 0.950 bits per heavy atom. The predicted octanol–water partition coefficient (Wildman–Crippen LogP) is 3.65. The Bertz CT molecular complexity index is 1920. The predicted molar refractivity (Wildman–Crippen MR) is 210 cm³/mol. The standard InChI is InChI=1S/C44H59NO15/c1-22-27(57-38(52)32(49)31(25-15-13-14-16-25)45-39(53)60-40(4,5)6)20-44(54)36(58-37(51)26-17-11-10-12-18-26)34-42(9,28(48)19-29-43(34,21-55-29)59-24(3)47)35(50)33(56-23(2)46)30(22)41(44,7)8/h10-12,17-18,25,27-29,31-34,36,48-49,54H,13-16,19-21H2,1-9H3,(H,45,53)/t27-,28-,29+,31-,32+,33+,34-,36-,42+,43-,44+/m0/s1. The number of fused-ring (bicyclic) bond motifs is 5. The van der Waals surface area contributed by atoms with Crippen LogP contribution in [0.1, 0.15) is 111 Å². The molecule has 5 aliphatic rings. The lowest BCUT2D eigenvalue weighted by Crippen LogP contribution is -2.82. The van der Waals surface area contributed by atoms with Crippen LogP contribution in [0.5, 0.6) is 0 Å². The van der Waals surface area contributed by atoms with Crippen molar-refractivity contribution in [3.63, 3.8) is 0 Å². The van der Waals surface area contributed by atoms with Gasteiger partial charge in [-0.1, -0.05) is 44.9 Å². The van der Waals surface area contributed by atoms with Crippen LogP contribution in [0, 0.1) is 22.7 Å². The van der Waals surface area contributed by atoms with Crippen molar-refractivity contribution in [2.45, 2.75) is 160 Å². The lowest BCUT2D eigenvalue weighted by molar-refractivity contribution is -0.346. The minimum absolute atomic E-state index is 0.0177. The topological polar surface area (TPSA) is 231 Å². The Labute approximate surface area is 349 Å². The van der Waals surface area contributed by atoms with Gasteiger partial charge in [-0.3, -0.25) is 14.4 Å². The fourth-order valence-electron chi connectivity index (χ4n) is 10.6. The minimum atomic E-state index is -2.36. The highest BCUT2D eigenvalue weighted by Gasteiger charge is 2.78. The summed E-state index contributed by atoms with van der Waals surface area (Å²) in [5.74, 6) is -6.43. The smallest absolute Gasteiger partial charge is 0.407 e. The second-order valence-electron chi connectivity index (χ2n) is 18.8. The number of Topliss-reactive ketones (excluding diaryl/α,β-unsaturated/α-hetero) is 1. The van der Waals surface area contributed by atoms with Gasteiger partial charge in [0.1, 0.15) is 29.5 Å². The maximum atomic E-state index is 15.4. The third kappa shape index (κ3) is 7.73. The fraction of sp³-hybridized carbons (Fsp3) is 0.682. The number of ether oxygens (including phenoxy) is 6. The molecule has 6 rings (SSSR count). The second kappa shape index (κ2) is 16.1. The number of alkyl carbamates (subject to hydrolysis) is 1. The summed E-state index contributed by atoms with van der Waals surface area (Å²) in [6.07, 6.45) is -8.27. The Morgan fingerprint density at radius 3 is 2.13 bits per heavy atom. The van der Waals surface area contributed by atoms with Crippen LogP contribution in [-0.2, 0) is 47.6 Å². The molecule has 1 aliphatic heterocycles. The molecule has 0 unspecified atom stereocenters. The number of rotatable bonds is 9. The molecule has 1 aromatic rings. The van der Waals surface area contributed by atoms with Crippen LogP contribution in [-0.4, -0.2) is 117 Å². The molecule has 0 aromatic heterocycles. The molecule has 0 spiro atoms. The van der Waals surface area contributed by atoms with Gasteiger partial charge in [0.25, 0.3) is 0 Å². The van der Waals surface area contributed by atoms with Crippen LogP contribution >= 0.6 is 0 Å². The molecule has 330 valence electrons. The molecule has 60 heavy (non-hydrogen) atoms. The number of nitrogens with one attached hydrogen (secondary N) is 1. The summed E-state index contributed by atoms with van der Waals surface area (Å²) in [5, 5.41) is 40.0. The first-order chi connectivity index (χ1) is 27.9. The van der Waals surface area contributed by atoms with E-state index >= 15 is 4.79 Å². The quantitative estimate of drug-likeness (QED) is 0.158. The lowest BCUT2D eigenvalue weighted by Gasteiger charge is -2.67. The van der Waals surface area contributed by atoms with E-state index in [2.05, 4.69) is 5.32 Å². The second-order valence-corrected chi connectivity index (χ2v) is 18.8. The van der Waals surface area contributed by atoms with Crippen LogP contribution in [0.4, 0.5) is 4.79 Å². The van der Waals surface area contributed by atoms with Gasteiger partial charge in [0.15, 0.2) is 23.6 Å². The van der Waals surface area contributed by atoms with E-state index in [0.717, 1.165) is 26.7 Å². The molecule has 4 fully saturated rings. The highest BCUT2D eigenvalue weighted by molar-refractivity contribution is 5.95. The van der Waals surface area contributed by atoms with E-state index in [1.807, 2.05) is 0 Å². The molecule has 1 heterocycles. The van der Waals surface area contributed by atoms with Crippen molar-refractivity contribution in [1.82, 2.24) is 5.32 Å². The molecule has 4 aliphatic carbocycles. The average molecular weight is 842 g/mol. The number of ketones is 1. The van der Waals surface area contributed by atoms with Gasteiger partial charge in [-0.15, -0.1) is 0 Å². The Balaban J connectivity index is 1.52. The molecule has 1 aromatic carbocycles. The summed E-state index contributed by atoms with van der Waals surface area (Å²) < 4.78 is 35.7. The zero-order valence-corrected chi connectivity index (χ0v) is 35.8. The monoisotopic (exact) mass is 841 g/mol. The number of amides is 1. The Morgan fingerprint density at radius 2 is 1.58 bits per heavy atom. The zero-order valence-electron chi connectivity index (χ0n) is 35.8. The number of aliphatic hydroxyl groups is 3. The normalized spacial score (nSPS) is 34.6. The van der Waals surface area contributed by atoms with E-state index in [4.69, 9.17) is 28.4 Å². The van der Waals surface area contributed by atoms with Crippen LogP contribution in [0.15, 0.2) is 41.5 Å². The Hall–Kier alpha value is -4.38. The van der Waals surface area contributed by atoms with Crippen molar-refractivity contribution in [2.24, 2.45) is 22.7 Å². The number of esters is 4. The van der Waals surface area contributed by atoms with Crippen molar-refractivity contribution in [3.8, 4) is 0 Å². The molecular weight excluding hydrogens is 782 g/mol. The van der Waals surface area contributed by atoms with Gasteiger partial charge in [-0.25, -0.2) is 14.4 Å². The van der Waals surface area contributed by atoms with E-state index < -0.39 is 118 Å². The molecule has 11 atom stereocenters. The highest BCUT2D eigenvalue weighted by atomic mass is 16.6. The molecule has 16 heteroatoms. The van der Waals surface area contributed by atoms with Gasteiger partial charge in [-0.2, -0.15) is 0 Å². The van der Waals surface area contributed by atoms with Gasteiger partial charge < -0.3 is 49.1 Å². The molecule has 1 amide bonds. The average Bonchev–Trinajstić information content (AvgIpc) is 3.69. The minimum Gasteiger partial charge on any atom is -0.456 e. The van der Waals surface area contributed by atoms with Crippen molar-refractivity contribution in [1.29, 1.82) is 0 Å². The number of hydrogen-bond donors (Lipinski definition) is 4. The van der Waals surface area contributed by atoms with E-state index in [1.54, 1.807) is 52.8 Å². The molecular formula is C44H59NO15. The zero-order chi connectivity index (χ0) is 44.3. The maximum absolute atomic E-state index is 15.4.